The Morgan fingerprint density at radius 2 is 1.50 bits per heavy atom. The Morgan fingerprint density at radius 3 is 1.88 bits per heavy atom. The van der Waals surface area contributed by atoms with E-state index < -0.39 is 23.4 Å². The van der Waals surface area contributed by atoms with Gasteiger partial charge in [-0.2, -0.15) is 0 Å². The standard InChI is InChI=1S/C16H19Cl2NO5/c1-4-23-14(21)16(19-10(3)20,15(22)24-5-2)9-11-12(17)7-6-8-13(11)18/h6-8H,4-5,9H2,1-3H3,(H,19,20). The first-order valence-electron chi connectivity index (χ1n) is 7.34. The summed E-state index contributed by atoms with van der Waals surface area (Å²) in [5.41, 5.74) is -1.73. The molecule has 1 N–H and O–H groups in total. The number of rotatable bonds is 7. The second-order valence-electron chi connectivity index (χ2n) is 4.90. The first kappa shape index (κ1) is 20.3. The number of carbonyl (C=O) groups excluding carboxylic acids is 3. The van der Waals surface area contributed by atoms with E-state index in [1.165, 1.54) is 6.92 Å². The van der Waals surface area contributed by atoms with Gasteiger partial charge in [-0.15, -0.1) is 0 Å². The predicted octanol–water partition coefficient (Wildman–Crippen LogP) is 2.54. The molecule has 0 aliphatic heterocycles. The number of hydrogen-bond donors (Lipinski definition) is 1. The first-order valence-corrected chi connectivity index (χ1v) is 8.10. The second-order valence-corrected chi connectivity index (χ2v) is 5.72. The van der Waals surface area contributed by atoms with Crippen molar-refractivity contribution in [3.8, 4) is 0 Å². The van der Waals surface area contributed by atoms with E-state index in [0.717, 1.165) is 0 Å². The molecular formula is C16H19Cl2NO5. The fraction of sp³-hybridized carbons (Fsp3) is 0.438. The second kappa shape index (κ2) is 8.89. The van der Waals surface area contributed by atoms with Crippen LogP contribution in [0.4, 0.5) is 0 Å². The van der Waals surface area contributed by atoms with Gasteiger partial charge < -0.3 is 14.8 Å². The van der Waals surface area contributed by atoms with E-state index in [0.29, 0.717) is 5.56 Å². The molecule has 1 amide bonds. The van der Waals surface area contributed by atoms with Crippen molar-refractivity contribution in [2.75, 3.05) is 13.2 Å². The summed E-state index contributed by atoms with van der Waals surface area (Å²) in [4.78, 5) is 36.7. The van der Waals surface area contributed by atoms with Gasteiger partial charge in [-0.1, -0.05) is 29.3 Å². The number of benzene rings is 1. The molecule has 132 valence electrons. The van der Waals surface area contributed by atoms with Crippen LogP contribution in [0, 0.1) is 0 Å². The van der Waals surface area contributed by atoms with E-state index in [2.05, 4.69) is 5.32 Å². The lowest BCUT2D eigenvalue weighted by molar-refractivity contribution is -0.168. The molecule has 0 aromatic heterocycles. The highest BCUT2D eigenvalue weighted by Gasteiger charge is 2.50. The summed E-state index contributed by atoms with van der Waals surface area (Å²) in [6.07, 6.45) is -0.289. The smallest absolute Gasteiger partial charge is 0.344 e. The molecule has 6 nitrogen and oxygen atoms in total. The van der Waals surface area contributed by atoms with E-state index >= 15 is 0 Å². The Hall–Kier alpha value is -1.79. The zero-order valence-corrected chi connectivity index (χ0v) is 15.2. The van der Waals surface area contributed by atoms with Gasteiger partial charge in [0, 0.05) is 23.4 Å². The first-order chi connectivity index (χ1) is 11.3. The Labute approximate surface area is 150 Å². The monoisotopic (exact) mass is 375 g/mol. The fourth-order valence-electron chi connectivity index (χ4n) is 2.15. The van der Waals surface area contributed by atoms with Gasteiger partial charge in [-0.25, -0.2) is 9.59 Å². The highest BCUT2D eigenvalue weighted by Crippen LogP contribution is 2.29. The van der Waals surface area contributed by atoms with Crippen LogP contribution in [0.15, 0.2) is 18.2 Å². The highest BCUT2D eigenvalue weighted by atomic mass is 35.5. The number of amides is 1. The average Bonchev–Trinajstić information content (AvgIpc) is 2.50. The lowest BCUT2D eigenvalue weighted by Crippen LogP contribution is -2.62. The van der Waals surface area contributed by atoms with Gasteiger partial charge in [0.15, 0.2) is 0 Å². The van der Waals surface area contributed by atoms with Gasteiger partial charge in [-0.05, 0) is 31.5 Å². The Kier molecular flexibility index (Phi) is 7.51. The number of halogens is 2. The van der Waals surface area contributed by atoms with Crippen LogP contribution >= 0.6 is 23.2 Å². The van der Waals surface area contributed by atoms with Crippen LogP contribution in [0.5, 0.6) is 0 Å². The van der Waals surface area contributed by atoms with Gasteiger partial charge in [-0.3, -0.25) is 4.79 Å². The van der Waals surface area contributed by atoms with Crippen LogP contribution in [0.2, 0.25) is 10.0 Å². The molecule has 0 unspecified atom stereocenters. The summed E-state index contributed by atoms with van der Waals surface area (Å²) < 4.78 is 9.97. The van der Waals surface area contributed by atoms with Gasteiger partial charge in [0.1, 0.15) is 0 Å². The van der Waals surface area contributed by atoms with Crippen LogP contribution in [0.25, 0.3) is 0 Å². The van der Waals surface area contributed by atoms with Crippen molar-refractivity contribution in [1.82, 2.24) is 5.32 Å². The van der Waals surface area contributed by atoms with E-state index in [1.54, 1.807) is 32.0 Å². The average molecular weight is 376 g/mol. The molecule has 0 aliphatic carbocycles. The topological polar surface area (TPSA) is 81.7 Å². The number of ether oxygens (including phenoxy) is 2. The molecule has 0 bridgehead atoms. The van der Waals surface area contributed by atoms with Crippen molar-refractivity contribution in [1.29, 1.82) is 0 Å². The van der Waals surface area contributed by atoms with Crippen molar-refractivity contribution >= 4 is 41.0 Å². The van der Waals surface area contributed by atoms with Crippen LogP contribution in [-0.2, 0) is 30.3 Å². The predicted molar refractivity (Wildman–Crippen MR) is 90.0 cm³/mol. The summed E-state index contributed by atoms with van der Waals surface area (Å²) >= 11 is 12.3. The van der Waals surface area contributed by atoms with Gasteiger partial charge in [0.25, 0.3) is 0 Å². The lowest BCUT2D eigenvalue weighted by atomic mass is 9.90. The van der Waals surface area contributed by atoms with Crippen molar-refractivity contribution in [2.45, 2.75) is 32.7 Å². The number of esters is 2. The quantitative estimate of drug-likeness (QED) is 0.584. The van der Waals surface area contributed by atoms with Crippen LogP contribution in [-0.4, -0.2) is 36.6 Å². The minimum Gasteiger partial charge on any atom is -0.464 e. The van der Waals surface area contributed by atoms with Crippen LogP contribution < -0.4 is 5.32 Å². The summed E-state index contributed by atoms with van der Waals surface area (Å²) in [7, 11) is 0. The van der Waals surface area contributed by atoms with E-state index in [9.17, 15) is 14.4 Å². The summed E-state index contributed by atoms with van der Waals surface area (Å²) in [5, 5.41) is 2.87. The van der Waals surface area contributed by atoms with Crippen molar-refractivity contribution in [2.24, 2.45) is 0 Å². The molecule has 0 spiro atoms. The third kappa shape index (κ3) is 4.61. The van der Waals surface area contributed by atoms with Crippen molar-refractivity contribution in [3.63, 3.8) is 0 Å². The van der Waals surface area contributed by atoms with Gasteiger partial charge in [0.05, 0.1) is 13.2 Å². The SMILES string of the molecule is CCOC(=O)C(Cc1c(Cl)cccc1Cl)(NC(C)=O)C(=O)OCC. The molecule has 24 heavy (non-hydrogen) atoms. The summed E-state index contributed by atoms with van der Waals surface area (Å²) in [5.74, 6) is -2.47. The number of nitrogens with one attached hydrogen (secondary N) is 1. The van der Waals surface area contributed by atoms with Crippen LogP contribution in [0.3, 0.4) is 0 Å². The van der Waals surface area contributed by atoms with Gasteiger partial charge >= 0.3 is 11.9 Å². The molecule has 1 rings (SSSR count). The van der Waals surface area contributed by atoms with E-state index in [-0.39, 0.29) is 29.7 Å². The Morgan fingerprint density at radius 1 is 1.04 bits per heavy atom. The minimum atomic E-state index is -2.06. The molecule has 1 aromatic carbocycles. The molecule has 1 aromatic rings. The maximum Gasteiger partial charge on any atom is 0.344 e. The molecule has 0 radical (unpaired) electrons. The fourth-order valence-corrected chi connectivity index (χ4v) is 2.68. The lowest BCUT2D eigenvalue weighted by Gasteiger charge is -2.30. The molecule has 8 heteroatoms. The molecule has 0 heterocycles. The Bertz CT molecular complexity index is 595. The van der Waals surface area contributed by atoms with Crippen molar-refractivity contribution in [3.05, 3.63) is 33.8 Å². The zero-order chi connectivity index (χ0) is 18.3. The van der Waals surface area contributed by atoms with E-state index in [1.807, 2.05) is 0 Å². The maximum atomic E-state index is 12.5. The largest absolute Gasteiger partial charge is 0.464 e. The molecule has 0 fully saturated rings. The molecule has 0 aliphatic rings. The normalized spacial score (nSPS) is 10.9. The minimum absolute atomic E-state index is 0.0236. The maximum absolute atomic E-state index is 12.5. The Balaban J connectivity index is 3.45. The third-order valence-corrected chi connectivity index (χ3v) is 3.85. The number of carbonyl (C=O) groups is 3. The summed E-state index contributed by atoms with van der Waals surface area (Å²) in [6.45, 7) is 4.40. The van der Waals surface area contributed by atoms with Crippen molar-refractivity contribution < 1.29 is 23.9 Å². The third-order valence-electron chi connectivity index (χ3n) is 3.14. The van der Waals surface area contributed by atoms with Gasteiger partial charge in [0.2, 0.25) is 11.4 Å². The highest BCUT2D eigenvalue weighted by molar-refractivity contribution is 6.36. The van der Waals surface area contributed by atoms with E-state index in [4.69, 9.17) is 32.7 Å². The zero-order valence-electron chi connectivity index (χ0n) is 13.7. The molecule has 0 atom stereocenters. The molecular weight excluding hydrogens is 357 g/mol. The summed E-state index contributed by atoms with van der Waals surface area (Å²) in [6, 6.07) is 4.76. The molecule has 0 saturated heterocycles. The van der Waals surface area contributed by atoms with Crippen LogP contribution in [0.1, 0.15) is 26.3 Å². The number of hydrogen-bond acceptors (Lipinski definition) is 5. The molecule has 0 saturated carbocycles.